The zero-order valence-corrected chi connectivity index (χ0v) is 16.6. The standard InChI is InChI=1S/C22H23ClN2O3/c1-27-18-10-8-15(9-11-18)21-12-19(28-24-21)14-25(22(26)16-6-7-16)13-17-4-2-3-5-20(17)23/h2-5,8-11,16,19H,6-7,12-14H2,1H3. The lowest BCUT2D eigenvalue weighted by Gasteiger charge is -2.25. The largest absolute Gasteiger partial charge is 0.497 e. The summed E-state index contributed by atoms with van der Waals surface area (Å²) in [6, 6.07) is 15.4. The topological polar surface area (TPSA) is 51.1 Å². The van der Waals surface area contributed by atoms with E-state index in [1.54, 1.807) is 7.11 Å². The van der Waals surface area contributed by atoms with Crippen LogP contribution < -0.4 is 4.74 Å². The van der Waals surface area contributed by atoms with E-state index < -0.39 is 0 Å². The summed E-state index contributed by atoms with van der Waals surface area (Å²) in [7, 11) is 1.64. The van der Waals surface area contributed by atoms with Crippen molar-refractivity contribution in [1.82, 2.24) is 4.90 Å². The molecule has 1 unspecified atom stereocenters. The summed E-state index contributed by atoms with van der Waals surface area (Å²) < 4.78 is 5.20. The Labute approximate surface area is 169 Å². The monoisotopic (exact) mass is 398 g/mol. The molecule has 2 aromatic carbocycles. The van der Waals surface area contributed by atoms with Gasteiger partial charge < -0.3 is 14.5 Å². The smallest absolute Gasteiger partial charge is 0.226 e. The summed E-state index contributed by atoms with van der Waals surface area (Å²) in [6.07, 6.45) is 2.46. The SMILES string of the molecule is COc1ccc(C2=NOC(CN(Cc3ccccc3Cl)C(=O)C3CC3)C2)cc1. The number of carbonyl (C=O) groups is 1. The van der Waals surface area contributed by atoms with Crippen molar-refractivity contribution >= 4 is 23.2 Å². The molecule has 4 rings (SSSR count). The van der Waals surface area contributed by atoms with Crippen molar-refractivity contribution < 1.29 is 14.4 Å². The van der Waals surface area contributed by atoms with E-state index >= 15 is 0 Å². The van der Waals surface area contributed by atoms with Crippen molar-refractivity contribution in [2.75, 3.05) is 13.7 Å². The first kappa shape index (κ1) is 18.8. The minimum Gasteiger partial charge on any atom is -0.497 e. The highest BCUT2D eigenvalue weighted by atomic mass is 35.5. The summed E-state index contributed by atoms with van der Waals surface area (Å²) in [4.78, 5) is 20.3. The molecule has 0 saturated heterocycles. The van der Waals surface area contributed by atoms with Gasteiger partial charge in [0, 0.05) is 23.9 Å². The van der Waals surface area contributed by atoms with E-state index in [0.717, 1.165) is 35.4 Å². The number of hydrogen-bond donors (Lipinski definition) is 0. The number of rotatable bonds is 7. The number of halogens is 1. The van der Waals surface area contributed by atoms with Gasteiger partial charge in [0.05, 0.1) is 19.4 Å². The molecule has 6 heteroatoms. The van der Waals surface area contributed by atoms with Gasteiger partial charge in [0.2, 0.25) is 5.91 Å². The van der Waals surface area contributed by atoms with E-state index in [1.165, 1.54) is 0 Å². The molecule has 1 heterocycles. The van der Waals surface area contributed by atoms with Crippen LogP contribution >= 0.6 is 11.6 Å². The molecule has 146 valence electrons. The number of methoxy groups -OCH3 is 1. The van der Waals surface area contributed by atoms with Crippen molar-refractivity contribution in [2.24, 2.45) is 11.1 Å². The predicted octanol–water partition coefficient (Wildman–Crippen LogP) is 4.28. The lowest BCUT2D eigenvalue weighted by molar-refractivity contribution is -0.135. The van der Waals surface area contributed by atoms with E-state index in [2.05, 4.69) is 5.16 Å². The summed E-state index contributed by atoms with van der Waals surface area (Å²) in [5, 5.41) is 4.93. The fraction of sp³-hybridized carbons (Fsp3) is 0.364. The van der Waals surface area contributed by atoms with Gasteiger partial charge in [-0.15, -0.1) is 0 Å². The van der Waals surface area contributed by atoms with Gasteiger partial charge in [-0.2, -0.15) is 0 Å². The summed E-state index contributed by atoms with van der Waals surface area (Å²) in [5.74, 6) is 1.13. The number of carbonyl (C=O) groups excluding carboxylic acids is 1. The molecule has 0 aromatic heterocycles. The first-order valence-corrected chi connectivity index (χ1v) is 9.91. The Morgan fingerprint density at radius 1 is 1.21 bits per heavy atom. The van der Waals surface area contributed by atoms with Crippen molar-refractivity contribution in [2.45, 2.75) is 31.9 Å². The van der Waals surface area contributed by atoms with E-state index in [0.29, 0.717) is 24.5 Å². The molecule has 28 heavy (non-hydrogen) atoms. The average Bonchev–Trinajstić information content (AvgIpc) is 3.47. The van der Waals surface area contributed by atoms with Crippen LogP contribution in [0.15, 0.2) is 53.7 Å². The average molecular weight is 399 g/mol. The molecule has 1 saturated carbocycles. The third kappa shape index (κ3) is 4.30. The van der Waals surface area contributed by atoms with Crippen molar-refractivity contribution in [3.63, 3.8) is 0 Å². The molecule has 1 atom stereocenters. The first-order chi connectivity index (χ1) is 13.6. The van der Waals surface area contributed by atoms with Crippen LogP contribution in [0.25, 0.3) is 0 Å². The second-order valence-corrected chi connectivity index (χ2v) is 7.69. The maximum atomic E-state index is 12.8. The van der Waals surface area contributed by atoms with Gasteiger partial charge in [0.1, 0.15) is 5.75 Å². The van der Waals surface area contributed by atoms with Gasteiger partial charge in [-0.25, -0.2) is 0 Å². The molecule has 2 aromatic rings. The van der Waals surface area contributed by atoms with Crippen molar-refractivity contribution in [1.29, 1.82) is 0 Å². The highest BCUT2D eigenvalue weighted by Crippen LogP contribution is 2.32. The Hall–Kier alpha value is -2.53. The van der Waals surface area contributed by atoms with E-state index in [4.69, 9.17) is 21.2 Å². The normalized spacial score (nSPS) is 18.4. The fourth-order valence-electron chi connectivity index (χ4n) is 3.38. The summed E-state index contributed by atoms with van der Waals surface area (Å²) in [6.45, 7) is 0.996. The fourth-order valence-corrected chi connectivity index (χ4v) is 3.57. The molecule has 1 amide bonds. The molecular formula is C22H23ClN2O3. The highest BCUT2D eigenvalue weighted by molar-refractivity contribution is 6.31. The van der Waals surface area contributed by atoms with Crippen LogP contribution in [0.4, 0.5) is 0 Å². The van der Waals surface area contributed by atoms with Gasteiger partial charge >= 0.3 is 0 Å². The van der Waals surface area contributed by atoms with E-state index in [9.17, 15) is 4.79 Å². The highest BCUT2D eigenvalue weighted by Gasteiger charge is 2.35. The summed E-state index contributed by atoms with van der Waals surface area (Å²) in [5.41, 5.74) is 2.85. The van der Waals surface area contributed by atoms with Crippen LogP contribution in [0.3, 0.4) is 0 Å². The number of ether oxygens (including phenoxy) is 1. The molecular weight excluding hydrogens is 376 g/mol. The molecule has 1 aliphatic carbocycles. The third-order valence-corrected chi connectivity index (χ3v) is 5.51. The van der Waals surface area contributed by atoms with Gasteiger partial charge in [0.15, 0.2) is 6.10 Å². The van der Waals surface area contributed by atoms with Crippen LogP contribution in [-0.4, -0.2) is 36.3 Å². The van der Waals surface area contributed by atoms with E-state index in [1.807, 2.05) is 53.4 Å². The van der Waals surface area contributed by atoms with Gasteiger partial charge in [-0.1, -0.05) is 35.0 Å². The minimum absolute atomic E-state index is 0.144. The number of benzene rings is 2. The number of hydrogen-bond acceptors (Lipinski definition) is 4. The maximum Gasteiger partial charge on any atom is 0.226 e. The zero-order chi connectivity index (χ0) is 19.5. The lowest BCUT2D eigenvalue weighted by atomic mass is 10.0. The molecule has 0 bridgehead atoms. The number of oxime groups is 1. The first-order valence-electron chi connectivity index (χ1n) is 9.53. The second-order valence-electron chi connectivity index (χ2n) is 7.28. The Morgan fingerprint density at radius 2 is 1.96 bits per heavy atom. The lowest BCUT2D eigenvalue weighted by Crippen LogP contribution is -2.38. The second kappa shape index (κ2) is 8.23. The Balaban J connectivity index is 1.42. The Bertz CT molecular complexity index is 878. The number of nitrogens with zero attached hydrogens (tertiary/aromatic N) is 2. The minimum atomic E-state index is -0.151. The zero-order valence-electron chi connectivity index (χ0n) is 15.8. The number of amides is 1. The van der Waals surface area contributed by atoms with Crippen LogP contribution in [0.1, 0.15) is 30.4 Å². The van der Waals surface area contributed by atoms with Crippen molar-refractivity contribution in [3.8, 4) is 5.75 Å². The third-order valence-electron chi connectivity index (χ3n) is 5.14. The summed E-state index contributed by atoms with van der Waals surface area (Å²) >= 11 is 6.31. The maximum absolute atomic E-state index is 12.8. The Kier molecular flexibility index (Phi) is 5.53. The molecule has 1 aliphatic heterocycles. The van der Waals surface area contributed by atoms with Gasteiger partial charge in [-0.3, -0.25) is 4.79 Å². The predicted molar refractivity (Wildman–Crippen MR) is 109 cm³/mol. The van der Waals surface area contributed by atoms with Crippen LogP contribution in [-0.2, 0) is 16.2 Å². The molecule has 1 fully saturated rings. The van der Waals surface area contributed by atoms with Crippen LogP contribution in [0, 0.1) is 5.92 Å². The molecule has 0 N–H and O–H groups in total. The van der Waals surface area contributed by atoms with Crippen LogP contribution in [0.5, 0.6) is 5.75 Å². The van der Waals surface area contributed by atoms with Crippen LogP contribution in [0.2, 0.25) is 5.02 Å². The molecule has 0 radical (unpaired) electrons. The quantitative estimate of drug-likeness (QED) is 0.699. The van der Waals surface area contributed by atoms with Gasteiger partial charge in [-0.05, 0) is 54.3 Å². The molecule has 5 nitrogen and oxygen atoms in total. The van der Waals surface area contributed by atoms with Crippen molar-refractivity contribution in [3.05, 3.63) is 64.7 Å². The molecule has 2 aliphatic rings. The Morgan fingerprint density at radius 3 is 2.64 bits per heavy atom. The van der Waals surface area contributed by atoms with E-state index in [-0.39, 0.29) is 17.9 Å². The van der Waals surface area contributed by atoms with Gasteiger partial charge in [0.25, 0.3) is 0 Å². The molecule has 0 spiro atoms.